The molecule has 0 saturated heterocycles. The van der Waals surface area contributed by atoms with Gasteiger partial charge in [-0.1, -0.05) is 40.2 Å². The second kappa shape index (κ2) is 6.68. The van der Waals surface area contributed by atoms with Crippen LogP contribution in [0.15, 0.2) is 46.9 Å². The number of benzene rings is 2. The fraction of sp³-hybridized carbons (Fsp3) is 0.176. The Labute approximate surface area is 132 Å². The van der Waals surface area contributed by atoms with Crippen LogP contribution in [0.2, 0.25) is 0 Å². The molecule has 3 nitrogen and oxygen atoms in total. The molecule has 0 aliphatic carbocycles. The molecule has 0 N–H and O–H groups in total. The van der Waals surface area contributed by atoms with Crippen molar-refractivity contribution in [3.63, 3.8) is 0 Å². The molecule has 0 atom stereocenters. The first kappa shape index (κ1) is 15.4. The minimum atomic E-state index is -0.471. The summed E-state index contributed by atoms with van der Waals surface area (Å²) in [6.45, 7) is 3.54. The zero-order valence-electron chi connectivity index (χ0n) is 11.9. The lowest BCUT2D eigenvalue weighted by atomic mass is 10.0. The highest BCUT2D eigenvalue weighted by Crippen LogP contribution is 2.15. The third-order valence-electron chi connectivity index (χ3n) is 3.33. The topological polar surface area (TPSA) is 43.4 Å². The molecule has 108 valence electrons. The molecule has 0 aliphatic rings. The maximum atomic E-state index is 12.0. The molecule has 0 saturated carbocycles. The fourth-order valence-electron chi connectivity index (χ4n) is 1.90. The lowest BCUT2D eigenvalue weighted by Crippen LogP contribution is -2.15. The van der Waals surface area contributed by atoms with Crippen LogP contribution in [-0.4, -0.2) is 18.4 Å². The second-order valence-electron chi connectivity index (χ2n) is 4.75. The van der Waals surface area contributed by atoms with Gasteiger partial charge in [0, 0.05) is 10.0 Å². The third-order valence-corrected chi connectivity index (χ3v) is 3.85. The van der Waals surface area contributed by atoms with E-state index in [-0.39, 0.29) is 12.4 Å². The molecule has 0 fully saturated rings. The van der Waals surface area contributed by atoms with Gasteiger partial charge in [-0.25, -0.2) is 4.79 Å². The third kappa shape index (κ3) is 3.79. The average Bonchev–Trinajstić information content (AvgIpc) is 2.48. The Hall–Kier alpha value is -1.94. The van der Waals surface area contributed by atoms with Gasteiger partial charge in [-0.3, -0.25) is 4.79 Å². The number of ketones is 1. The Kier molecular flexibility index (Phi) is 4.91. The fourth-order valence-corrected chi connectivity index (χ4v) is 2.16. The Bertz CT molecular complexity index is 675. The van der Waals surface area contributed by atoms with Gasteiger partial charge >= 0.3 is 5.97 Å². The molecule has 0 amide bonds. The SMILES string of the molecule is Cc1cccc(C(=O)OCC(=O)c2ccc(Br)cc2)c1C. The number of hydrogen-bond acceptors (Lipinski definition) is 3. The number of Topliss-reactive ketones (excluding diaryl/α,β-unsaturated/α-hetero) is 1. The van der Waals surface area contributed by atoms with Gasteiger partial charge in [0.2, 0.25) is 0 Å². The predicted molar refractivity (Wildman–Crippen MR) is 84.7 cm³/mol. The van der Waals surface area contributed by atoms with Crippen molar-refractivity contribution in [1.82, 2.24) is 0 Å². The van der Waals surface area contributed by atoms with Crippen molar-refractivity contribution in [1.29, 1.82) is 0 Å². The molecule has 0 unspecified atom stereocenters. The van der Waals surface area contributed by atoms with Crippen LogP contribution in [0.3, 0.4) is 0 Å². The normalized spacial score (nSPS) is 10.2. The molecule has 0 radical (unpaired) electrons. The molecular formula is C17H15BrO3. The number of carbonyl (C=O) groups excluding carboxylic acids is 2. The Morgan fingerprint density at radius 2 is 1.71 bits per heavy atom. The van der Waals surface area contributed by atoms with Crippen molar-refractivity contribution in [3.05, 3.63) is 69.2 Å². The van der Waals surface area contributed by atoms with E-state index in [1.807, 2.05) is 19.9 Å². The van der Waals surface area contributed by atoms with Crippen LogP contribution in [0.4, 0.5) is 0 Å². The summed E-state index contributed by atoms with van der Waals surface area (Å²) in [6.07, 6.45) is 0. The average molecular weight is 347 g/mol. The van der Waals surface area contributed by atoms with Crippen LogP contribution < -0.4 is 0 Å². The van der Waals surface area contributed by atoms with Crippen molar-refractivity contribution in [2.75, 3.05) is 6.61 Å². The molecule has 21 heavy (non-hydrogen) atoms. The maximum absolute atomic E-state index is 12.0. The largest absolute Gasteiger partial charge is 0.454 e. The number of ether oxygens (including phenoxy) is 1. The molecule has 0 aromatic heterocycles. The van der Waals surface area contributed by atoms with Gasteiger partial charge in [-0.2, -0.15) is 0 Å². The first-order valence-corrected chi connectivity index (χ1v) is 7.30. The highest BCUT2D eigenvalue weighted by atomic mass is 79.9. The van der Waals surface area contributed by atoms with E-state index in [0.717, 1.165) is 15.6 Å². The summed E-state index contributed by atoms with van der Waals surface area (Å²) >= 11 is 3.31. The van der Waals surface area contributed by atoms with Gasteiger partial charge in [0.05, 0.1) is 5.56 Å². The van der Waals surface area contributed by atoms with Crippen LogP contribution in [0.1, 0.15) is 31.8 Å². The summed E-state index contributed by atoms with van der Waals surface area (Å²) < 4.78 is 6.00. The summed E-state index contributed by atoms with van der Waals surface area (Å²) in [5, 5.41) is 0. The molecule has 0 aliphatic heterocycles. The number of halogens is 1. The Morgan fingerprint density at radius 3 is 2.38 bits per heavy atom. The zero-order valence-corrected chi connectivity index (χ0v) is 13.4. The summed E-state index contributed by atoms with van der Waals surface area (Å²) in [5.74, 6) is -0.692. The van der Waals surface area contributed by atoms with Crippen molar-refractivity contribution < 1.29 is 14.3 Å². The predicted octanol–water partition coefficient (Wildman–Crippen LogP) is 4.11. The van der Waals surface area contributed by atoms with E-state index >= 15 is 0 Å². The summed E-state index contributed by atoms with van der Waals surface area (Å²) in [5.41, 5.74) is 2.91. The number of hydrogen-bond donors (Lipinski definition) is 0. The summed E-state index contributed by atoms with van der Waals surface area (Å²) in [6, 6.07) is 12.4. The van der Waals surface area contributed by atoms with Gasteiger partial charge in [0.15, 0.2) is 12.4 Å². The lowest BCUT2D eigenvalue weighted by molar-refractivity contribution is 0.0474. The lowest BCUT2D eigenvalue weighted by Gasteiger charge is -2.08. The van der Waals surface area contributed by atoms with E-state index in [9.17, 15) is 9.59 Å². The first-order chi connectivity index (χ1) is 9.99. The summed E-state index contributed by atoms with van der Waals surface area (Å²) in [7, 11) is 0. The number of carbonyl (C=O) groups is 2. The molecule has 0 spiro atoms. The molecule has 2 aromatic rings. The van der Waals surface area contributed by atoms with Crippen molar-refractivity contribution >= 4 is 27.7 Å². The monoisotopic (exact) mass is 346 g/mol. The van der Waals surface area contributed by atoms with Gasteiger partial charge in [-0.15, -0.1) is 0 Å². The minimum Gasteiger partial charge on any atom is -0.454 e. The van der Waals surface area contributed by atoms with Crippen LogP contribution in [-0.2, 0) is 4.74 Å². The van der Waals surface area contributed by atoms with E-state index in [2.05, 4.69) is 15.9 Å². The van der Waals surface area contributed by atoms with Gasteiger partial charge in [-0.05, 0) is 43.2 Å². The van der Waals surface area contributed by atoms with Gasteiger partial charge < -0.3 is 4.74 Å². The highest BCUT2D eigenvalue weighted by Gasteiger charge is 2.14. The van der Waals surface area contributed by atoms with Crippen LogP contribution in [0.25, 0.3) is 0 Å². The number of esters is 1. The molecule has 2 rings (SSSR count). The first-order valence-electron chi connectivity index (χ1n) is 6.51. The summed E-state index contributed by atoms with van der Waals surface area (Å²) in [4.78, 5) is 24.0. The number of aryl methyl sites for hydroxylation is 1. The standard InChI is InChI=1S/C17H15BrO3/c1-11-4-3-5-15(12(11)2)17(20)21-10-16(19)13-6-8-14(18)9-7-13/h3-9H,10H2,1-2H3. The van der Waals surface area contributed by atoms with E-state index in [4.69, 9.17) is 4.74 Å². The van der Waals surface area contributed by atoms with E-state index in [1.54, 1.807) is 36.4 Å². The quantitative estimate of drug-likeness (QED) is 0.618. The van der Waals surface area contributed by atoms with E-state index < -0.39 is 5.97 Å². The maximum Gasteiger partial charge on any atom is 0.338 e. The van der Waals surface area contributed by atoms with Crippen LogP contribution >= 0.6 is 15.9 Å². The minimum absolute atomic E-state index is 0.221. The van der Waals surface area contributed by atoms with Gasteiger partial charge in [0.1, 0.15) is 0 Å². The van der Waals surface area contributed by atoms with Crippen molar-refractivity contribution in [2.24, 2.45) is 0 Å². The second-order valence-corrected chi connectivity index (χ2v) is 5.67. The molecule has 4 heteroatoms. The highest BCUT2D eigenvalue weighted by molar-refractivity contribution is 9.10. The Morgan fingerprint density at radius 1 is 1.05 bits per heavy atom. The smallest absolute Gasteiger partial charge is 0.338 e. The van der Waals surface area contributed by atoms with Crippen LogP contribution in [0, 0.1) is 13.8 Å². The van der Waals surface area contributed by atoms with E-state index in [0.29, 0.717) is 11.1 Å². The number of rotatable bonds is 4. The molecule has 0 heterocycles. The molecular weight excluding hydrogens is 332 g/mol. The van der Waals surface area contributed by atoms with Crippen molar-refractivity contribution in [2.45, 2.75) is 13.8 Å². The Balaban J connectivity index is 2.02. The molecule has 0 bridgehead atoms. The molecule has 2 aromatic carbocycles. The van der Waals surface area contributed by atoms with Gasteiger partial charge in [0.25, 0.3) is 0 Å². The van der Waals surface area contributed by atoms with Crippen LogP contribution in [0.5, 0.6) is 0 Å². The van der Waals surface area contributed by atoms with Crippen molar-refractivity contribution in [3.8, 4) is 0 Å². The van der Waals surface area contributed by atoms with E-state index in [1.165, 1.54) is 0 Å². The zero-order chi connectivity index (χ0) is 15.4.